The van der Waals surface area contributed by atoms with Crippen LogP contribution in [0.3, 0.4) is 0 Å². The van der Waals surface area contributed by atoms with Gasteiger partial charge in [-0.05, 0) is 47.8 Å². The van der Waals surface area contributed by atoms with Gasteiger partial charge in [0.15, 0.2) is 11.5 Å². The Morgan fingerprint density at radius 1 is 1.26 bits per heavy atom. The summed E-state index contributed by atoms with van der Waals surface area (Å²) >= 11 is 5.08. The van der Waals surface area contributed by atoms with Crippen molar-refractivity contribution in [3.63, 3.8) is 0 Å². The Hall–Kier alpha value is -2.39. The number of hydrogen-bond donors (Lipinski definition) is 0. The molecule has 7 nitrogen and oxygen atoms in total. The van der Waals surface area contributed by atoms with Crippen LogP contribution in [0.15, 0.2) is 29.3 Å². The number of aromatic nitrogens is 7. The zero-order valence-electron chi connectivity index (χ0n) is 15.0. The second kappa shape index (κ2) is 6.07. The molecule has 0 saturated heterocycles. The third-order valence-corrected chi connectivity index (χ3v) is 6.16. The maximum atomic E-state index is 4.86. The molecule has 5 aromatic heterocycles. The van der Waals surface area contributed by atoms with Gasteiger partial charge in [0.25, 0.3) is 0 Å². The third kappa shape index (κ3) is 2.56. The van der Waals surface area contributed by atoms with Crippen molar-refractivity contribution in [1.29, 1.82) is 0 Å². The number of aryl methyl sites for hydroxylation is 2. The van der Waals surface area contributed by atoms with Gasteiger partial charge in [-0.15, -0.1) is 16.4 Å². The molecule has 0 amide bonds. The summed E-state index contributed by atoms with van der Waals surface area (Å²) in [6.45, 7) is 6.23. The van der Waals surface area contributed by atoms with Gasteiger partial charge in [0, 0.05) is 17.3 Å². The van der Waals surface area contributed by atoms with Gasteiger partial charge in [0.2, 0.25) is 0 Å². The van der Waals surface area contributed by atoms with Crippen LogP contribution in [0, 0.1) is 13.8 Å². The molecule has 0 spiro atoms. The first kappa shape index (κ1) is 16.8. The SMILES string of the molecule is CCC(c1nc2c3sc4nc(C)cc(C)c4c3ncn2n1)n1cc(Br)cn1. The number of halogens is 1. The molecule has 0 bridgehead atoms. The standard InChI is InChI=1S/C18H16BrN7S/c1-4-12(25-7-11(19)6-21-25)16-23-17-15-14(20-8-26(17)24-16)13-9(2)5-10(3)22-18(13)27-15/h5-8,12H,4H2,1-3H3. The molecule has 0 aliphatic rings. The molecule has 5 aromatic rings. The molecule has 1 atom stereocenters. The Kier molecular flexibility index (Phi) is 3.76. The number of pyridine rings is 1. The van der Waals surface area contributed by atoms with Crippen molar-refractivity contribution in [3.05, 3.63) is 46.3 Å². The summed E-state index contributed by atoms with van der Waals surface area (Å²) < 4.78 is 5.61. The predicted octanol–water partition coefficient (Wildman–Crippen LogP) is 4.46. The molecule has 9 heteroatoms. The lowest BCUT2D eigenvalue weighted by atomic mass is 10.1. The molecule has 0 aromatic carbocycles. The maximum Gasteiger partial charge on any atom is 0.176 e. The molecular weight excluding hydrogens is 426 g/mol. The van der Waals surface area contributed by atoms with E-state index in [2.05, 4.69) is 51.0 Å². The van der Waals surface area contributed by atoms with Crippen molar-refractivity contribution in [2.75, 3.05) is 0 Å². The highest BCUT2D eigenvalue weighted by Gasteiger charge is 2.21. The molecule has 0 radical (unpaired) electrons. The maximum absolute atomic E-state index is 4.86. The Bertz CT molecular complexity index is 1320. The van der Waals surface area contributed by atoms with E-state index in [-0.39, 0.29) is 6.04 Å². The summed E-state index contributed by atoms with van der Waals surface area (Å²) in [5, 5.41) is 10.2. The van der Waals surface area contributed by atoms with Gasteiger partial charge in [0.1, 0.15) is 21.9 Å². The van der Waals surface area contributed by atoms with Gasteiger partial charge in [-0.2, -0.15) is 5.10 Å². The van der Waals surface area contributed by atoms with Crippen molar-refractivity contribution in [2.45, 2.75) is 33.2 Å². The number of hydrogen-bond acceptors (Lipinski definition) is 6. The highest BCUT2D eigenvalue weighted by molar-refractivity contribution is 9.10. The number of rotatable bonds is 3. The van der Waals surface area contributed by atoms with Crippen LogP contribution in [0.25, 0.3) is 26.1 Å². The molecule has 0 saturated carbocycles. The van der Waals surface area contributed by atoms with Crippen LogP contribution in [-0.4, -0.2) is 34.3 Å². The van der Waals surface area contributed by atoms with Gasteiger partial charge in [-0.3, -0.25) is 4.68 Å². The molecule has 0 fully saturated rings. The van der Waals surface area contributed by atoms with Gasteiger partial charge < -0.3 is 0 Å². The lowest BCUT2D eigenvalue weighted by Crippen LogP contribution is -2.12. The fourth-order valence-electron chi connectivity index (χ4n) is 3.50. The van der Waals surface area contributed by atoms with Crippen LogP contribution in [0.5, 0.6) is 0 Å². The second-order valence-corrected chi connectivity index (χ2v) is 8.50. The van der Waals surface area contributed by atoms with E-state index in [1.807, 2.05) is 17.8 Å². The van der Waals surface area contributed by atoms with Crippen molar-refractivity contribution in [2.24, 2.45) is 0 Å². The molecule has 1 unspecified atom stereocenters. The highest BCUT2D eigenvalue weighted by Crippen LogP contribution is 2.35. The van der Waals surface area contributed by atoms with E-state index < -0.39 is 0 Å². The second-order valence-electron chi connectivity index (χ2n) is 6.59. The largest absolute Gasteiger partial charge is 0.261 e. The molecule has 0 N–H and O–H groups in total. The molecule has 27 heavy (non-hydrogen) atoms. The van der Waals surface area contributed by atoms with Gasteiger partial charge >= 0.3 is 0 Å². The molecular formula is C18H16BrN7S. The van der Waals surface area contributed by atoms with E-state index in [0.717, 1.165) is 48.5 Å². The minimum absolute atomic E-state index is 0.0252. The predicted molar refractivity (Wildman–Crippen MR) is 109 cm³/mol. The molecule has 5 rings (SSSR count). The van der Waals surface area contributed by atoms with E-state index in [0.29, 0.717) is 0 Å². The highest BCUT2D eigenvalue weighted by atomic mass is 79.9. The smallest absolute Gasteiger partial charge is 0.176 e. The molecule has 0 aliphatic heterocycles. The summed E-state index contributed by atoms with van der Waals surface area (Å²) in [6, 6.07) is 2.07. The topological polar surface area (TPSA) is 73.8 Å². The summed E-state index contributed by atoms with van der Waals surface area (Å²) in [5.41, 5.74) is 3.97. The fraction of sp³-hybridized carbons (Fsp3) is 0.278. The van der Waals surface area contributed by atoms with Crippen molar-refractivity contribution in [3.8, 4) is 0 Å². The van der Waals surface area contributed by atoms with Crippen molar-refractivity contribution in [1.82, 2.24) is 34.3 Å². The first-order chi connectivity index (χ1) is 13.0. The Morgan fingerprint density at radius 3 is 2.85 bits per heavy atom. The minimum atomic E-state index is -0.0252. The normalized spacial score (nSPS) is 13.2. The van der Waals surface area contributed by atoms with Crippen LogP contribution in [0.2, 0.25) is 0 Å². The minimum Gasteiger partial charge on any atom is -0.261 e. The Balaban J connectivity index is 1.75. The quantitative estimate of drug-likeness (QED) is 0.413. The van der Waals surface area contributed by atoms with Crippen LogP contribution in [-0.2, 0) is 0 Å². The first-order valence-corrected chi connectivity index (χ1v) is 10.3. The average Bonchev–Trinajstić information content (AvgIpc) is 3.31. The van der Waals surface area contributed by atoms with E-state index >= 15 is 0 Å². The fourth-order valence-corrected chi connectivity index (χ4v) is 5.03. The Labute approximate surface area is 167 Å². The summed E-state index contributed by atoms with van der Waals surface area (Å²) in [7, 11) is 0. The van der Waals surface area contributed by atoms with Crippen LogP contribution in [0.1, 0.15) is 36.5 Å². The molecule has 0 aliphatic carbocycles. The van der Waals surface area contributed by atoms with E-state index in [9.17, 15) is 0 Å². The lowest BCUT2D eigenvalue weighted by Gasteiger charge is -2.10. The zero-order valence-corrected chi connectivity index (χ0v) is 17.4. The van der Waals surface area contributed by atoms with Gasteiger partial charge in [-0.1, -0.05) is 6.92 Å². The van der Waals surface area contributed by atoms with Crippen molar-refractivity contribution >= 4 is 53.3 Å². The average molecular weight is 442 g/mol. The Morgan fingerprint density at radius 2 is 2.11 bits per heavy atom. The third-order valence-electron chi connectivity index (χ3n) is 4.68. The zero-order chi connectivity index (χ0) is 18.7. The summed E-state index contributed by atoms with van der Waals surface area (Å²) in [6.07, 6.45) is 6.31. The van der Waals surface area contributed by atoms with Crippen LogP contribution in [0.4, 0.5) is 0 Å². The summed E-state index contributed by atoms with van der Waals surface area (Å²) in [4.78, 5) is 15.2. The lowest BCUT2D eigenvalue weighted by molar-refractivity contribution is 0.484. The number of fused-ring (bicyclic) bond motifs is 5. The van der Waals surface area contributed by atoms with Crippen molar-refractivity contribution < 1.29 is 0 Å². The van der Waals surface area contributed by atoms with E-state index in [1.165, 1.54) is 5.56 Å². The number of nitrogens with zero attached hydrogens (tertiary/aromatic N) is 7. The summed E-state index contributed by atoms with van der Waals surface area (Å²) in [5.74, 6) is 0.737. The van der Waals surface area contributed by atoms with Gasteiger partial charge in [0.05, 0.1) is 16.2 Å². The molecule has 5 heterocycles. The van der Waals surface area contributed by atoms with Crippen LogP contribution < -0.4 is 0 Å². The first-order valence-electron chi connectivity index (χ1n) is 8.66. The van der Waals surface area contributed by atoms with E-state index in [4.69, 9.17) is 9.97 Å². The van der Waals surface area contributed by atoms with Crippen LogP contribution >= 0.6 is 27.3 Å². The van der Waals surface area contributed by atoms with Gasteiger partial charge in [-0.25, -0.2) is 19.5 Å². The number of thiophene rings is 1. The molecule has 136 valence electrons. The van der Waals surface area contributed by atoms with E-state index in [1.54, 1.807) is 28.4 Å². The monoisotopic (exact) mass is 441 g/mol.